The first-order valence-corrected chi connectivity index (χ1v) is 7.07. The topological polar surface area (TPSA) is 85.4 Å². The number of non-ortho nitro benzene ring substituents is 1. The van der Waals surface area contributed by atoms with Crippen molar-refractivity contribution in [3.8, 4) is 0 Å². The third kappa shape index (κ3) is 2.76. The molecule has 1 amide bonds. The number of anilines is 1. The van der Waals surface area contributed by atoms with Gasteiger partial charge in [-0.05, 0) is 30.7 Å². The maximum atomic E-state index is 12.4. The van der Waals surface area contributed by atoms with Crippen LogP contribution in [0.4, 0.5) is 11.4 Å². The zero-order valence-corrected chi connectivity index (χ0v) is 12.8. The summed E-state index contributed by atoms with van der Waals surface area (Å²) in [5, 5.41) is 14.5. The second-order valence-electron chi connectivity index (χ2n) is 4.95. The number of carbonyl (C=O) groups is 1. The van der Waals surface area contributed by atoms with Crippen LogP contribution in [-0.4, -0.2) is 10.8 Å². The molecule has 116 valence electrons. The van der Waals surface area contributed by atoms with E-state index in [4.69, 9.17) is 16.0 Å². The van der Waals surface area contributed by atoms with Gasteiger partial charge < -0.3 is 9.73 Å². The summed E-state index contributed by atoms with van der Waals surface area (Å²) in [7, 11) is 0. The summed E-state index contributed by atoms with van der Waals surface area (Å²) in [6, 6.07) is 9.29. The molecule has 23 heavy (non-hydrogen) atoms. The smallest absolute Gasteiger partial charge is 0.270 e. The van der Waals surface area contributed by atoms with Crippen molar-refractivity contribution in [3.05, 3.63) is 68.9 Å². The maximum absolute atomic E-state index is 12.4. The standard InChI is InChI=1S/C16H11ClN2O4/c1-9-13(17)3-2-4-14(9)18-16(20)12-8-23-15-6-5-10(19(21)22)7-11(12)15/h2-8H,1H3,(H,18,20). The van der Waals surface area contributed by atoms with Crippen molar-refractivity contribution in [1.29, 1.82) is 0 Å². The van der Waals surface area contributed by atoms with Gasteiger partial charge in [-0.15, -0.1) is 0 Å². The molecular weight excluding hydrogens is 320 g/mol. The number of nitro groups is 1. The molecule has 6 nitrogen and oxygen atoms in total. The van der Waals surface area contributed by atoms with Gasteiger partial charge in [0.25, 0.3) is 11.6 Å². The third-order valence-corrected chi connectivity index (χ3v) is 3.94. The Balaban J connectivity index is 1.99. The highest BCUT2D eigenvalue weighted by molar-refractivity contribution is 6.31. The molecule has 0 unspecified atom stereocenters. The maximum Gasteiger partial charge on any atom is 0.270 e. The summed E-state index contributed by atoms with van der Waals surface area (Å²) < 4.78 is 5.29. The number of benzene rings is 2. The fourth-order valence-electron chi connectivity index (χ4n) is 2.24. The van der Waals surface area contributed by atoms with E-state index < -0.39 is 10.8 Å². The second kappa shape index (κ2) is 5.73. The van der Waals surface area contributed by atoms with E-state index in [0.717, 1.165) is 5.56 Å². The Morgan fingerprint density at radius 3 is 2.83 bits per heavy atom. The van der Waals surface area contributed by atoms with Crippen molar-refractivity contribution in [2.75, 3.05) is 5.32 Å². The average Bonchev–Trinajstić information content (AvgIpc) is 2.94. The summed E-state index contributed by atoms with van der Waals surface area (Å²) in [4.78, 5) is 22.8. The van der Waals surface area contributed by atoms with Crippen LogP contribution >= 0.6 is 11.6 Å². The lowest BCUT2D eigenvalue weighted by molar-refractivity contribution is -0.384. The lowest BCUT2D eigenvalue weighted by Gasteiger charge is -2.08. The normalized spacial score (nSPS) is 10.7. The van der Waals surface area contributed by atoms with Gasteiger partial charge in [0.15, 0.2) is 0 Å². The Hall–Kier alpha value is -2.86. The predicted molar refractivity (Wildman–Crippen MR) is 87.0 cm³/mol. The molecule has 0 spiro atoms. The zero-order valence-electron chi connectivity index (χ0n) is 12.0. The molecule has 3 rings (SSSR count). The molecule has 0 saturated carbocycles. The van der Waals surface area contributed by atoms with Crippen LogP contribution in [0.1, 0.15) is 15.9 Å². The van der Waals surface area contributed by atoms with E-state index in [0.29, 0.717) is 21.7 Å². The first-order chi connectivity index (χ1) is 11.0. The summed E-state index contributed by atoms with van der Waals surface area (Å²) >= 11 is 6.03. The van der Waals surface area contributed by atoms with Crippen LogP contribution in [0.2, 0.25) is 5.02 Å². The van der Waals surface area contributed by atoms with Crippen molar-refractivity contribution in [2.24, 2.45) is 0 Å². The number of nitrogens with one attached hydrogen (secondary N) is 1. The monoisotopic (exact) mass is 330 g/mol. The molecule has 1 aromatic heterocycles. The van der Waals surface area contributed by atoms with Gasteiger partial charge in [-0.2, -0.15) is 0 Å². The molecule has 2 aromatic carbocycles. The summed E-state index contributed by atoms with van der Waals surface area (Å²) in [5.41, 5.74) is 1.84. The predicted octanol–water partition coefficient (Wildman–Crippen LogP) is 4.56. The van der Waals surface area contributed by atoms with Gasteiger partial charge in [0.1, 0.15) is 11.8 Å². The number of nitrogens with zero attached hydrogens (tertiary/aromatic N) is 1. The van der Waals surface area contributed by atoms with E-state index >= 15 is 0 Å². The molecular formula is C16H11ClN2O4. The SMILES string of the molecule is Cc1c(Cl)cccc1NC(=O)c1coc2ccc([N+](=O)[O-])cc12. The van der Waals surface area contributed by atoms with E-state index in [9.17, 15) is 14.9 Å². The molecule has 0 bridgehead atoms. The third-order valence-electron chi connectivity index (χ3n) is 3.53. The number of furan rings is 1. The van der Waals surface area contributed by atoms with Crippen LogP contribution in [0.5, 0.6) is 0 Å². The Bertz CT molecular complexity index is 933. The van der Waals surface area contributed by atoms with E-state index in [1.54, 1.807) is 25.1 Å². The fraction of sp³-hybridized carbons (Fsp3) is 0.0625. The van der Waals surface area contributed by atoms with Gasteiger partial charge in [-0.1, -0.05) is 17.7 Å². The number of rotatable bonds is 3. The van der Waals surface area contributed by atoms with Crippen molar-refractivity contribution in [3.63, 3.8) is 0 Å². The molecule has 0 aliphatic rings. The number of halogens is 1. The Morgan fingerprint density at radius 1 is 1.30 bits per heavy atom. The second-order valence-corrected chi connectivity index (χ2v) is 5.36. The molecule has 1 N–H and O–H groups in total. The Labute approximate surface area is 135 Å². The fourth-order valence-corrected chi connectivity index (χ4v) is 2.41. The highest BCUT2D eigenvalue weighted by atomic mass is 35.5. The number of hydrogen-bond donors (Lipinski definition) is 1. The van der Waals surface area contributed by atoms with Crippen LogP contribution in [0, 0.1) is 17.0 Å². The van der Waals surface area contributed by atoms with Crippen LogP contribution in [0.15, 0.2) is 47.1 Å². The minimum atomic E-state index is -0.519. The zero-order chi connectivity index (χ0) is 16.6. The van der Waals surface area contributed by atoms with Crippen LogP contribution in [0.25, 0.3) is 11.0 Å². The van der Waals surface area contributed by atoms with E-state index in [1.165, 1.54) is 24.5 Å². The highest BCUT2D eigenvalue weighted by Crippen LogP contribution is 2.28. The number of amides is 1. The van der Waals surface area contributed by atoms with Crippen LogP contribution in [0.3, 0.4) is 0 Å². The largest absolute Gasteiger partial charge is 0.463 e. The van der Waals surface area contributed by atoms with Gasteiger partial charge in [-0.3, -0.25) is 14.9 Å². The number of carbonyl (C=O) groups excluding carboxylic acids is 1. The van der Waals surface area contributed by atoms with E-state index in [1.807, 2.05) is 0 Å². The summed E-state index contributed by atoms with van der Waals surface area (Å²) in [6.45, 7) is 1.79. The van der Waals surface area contributed by atoms with Gasteiger partial charge in [0, 0.05) is 28.2 Å². The van der Waals surface area contributed by atoms with Gasteiger partial charge in [-0.25, -0.2) is 0 Å². The average molecular weight is 331 g/mol. The van der Waals surface area contributed by atoms with Crippen molar-refractivity contribution in [1.82, 2.24) is 0 Å². The molecule has 0 atom stereocenters. The minimum absolute atomic E-state index is 0.105. The molecule has 1 heterocycles. The first kappa shape index (κ1) is 15.1. The molecule has 0 radical (unpaired) electrons. The molecule has 7 heteroatoms. The summed E-state index contributed by atoms with van der Waals surface area (Å²) in [6.07, 6.45) is 1.28. The highest BCUT2D eigenvalue weighted by Gasteiger charge is 2.18. The van der Waals surface area contributed by atoms with Crippen molar-refractivity contribution < 1.29 is 14.1 Å². The van der Waals surface area contributed by atoms with E-state index in [-0.39, 0.29) is 11.3 Å². The van der Waals surface area contributed by atoms with Crippen LogP contribution in [-0.2, 0) is 0 Å². The first-order valence-electron chi connectivity index (χ1n) is 6.69. The van der Waals surface area contributed by atoms with Gasteiger partial charge in [0.05, 0.1) is 10.5 Å². The van der Waals surface area contributed by atoms with Gasteiger partial charge >= 0.3 is 0 Å². The minimum Gasteiger partial charge on any atom is -0.463 e. The Kier molecular flexibility index (Phi) is 3.75. The molecule has 0 saturated heterocycles. The molecule has 3 aromatic rings. The lowest BCUT2D eigenvalue weighted by Crippen LogP contribution is -2.12. The lowest BCUT2D eigenvalue weighted by atomic mass is 10.1. The molecule has 0 aliphatic heterocycles. The molecule has 0 fully saturated rings. The number of hydrogen-bond acceptors (Lipinski definition) is 4. The van der Waals surface area contributed by atoms with Crippen molar-refractivity contribution >= 4 is 39.9 Å². The van der Waals surface area contributed by atoms with Gasteiger partial charge in [0.2, 0.25) is 0 Å². The number of nitro benzene ring substituents is 1. The molecule has 0 aliphatic carbocycles. The van der Waals surface area contributed by atoms with Crippen molar-refractivity contribution in [2.45, 2.75) is 6.92 Å². The Morgan fingerprint density at radius 2 is 2.09 bits per heavy atom. The summed E-state index contributed by atoms with van der Waals surface area (Å²) in [5.74, 6) is -0.422. The quantitative estimate of drug-likeness (QED) is 0.563. The number of fused-ring (bicyclic) bond motifs is 1. The van der Waals surface area contributed by atoms with Crippen LogP contribution < -0.4 is 5.32 Å². The van der Waals surface area contributed by atoms with E-state index in [2.05, 4.69) is 5.32 Å².